The minimum Gasteiger partial charge on any atom is -0.293 e. The van der Waals surface area contributed by atoms with Crippen LogP contribution in [0.1, 0.15) is 46.9 Å². The second kappa shape index (κ2) is 10.6. The van der Waals surface area contributed by atoms with Crippen LogP contribution in [0.3, 0.4) is 0 Å². The molecule has 5 aromatic carbocycles. The lowest BCUT2D eigenvalue weighted by atomic mass is 9.68. The molecule has 0 aromatic heterocycles. The molecule has 1 N–H and O–H groups in total. The van der Waals surface area contributed by atoms with Crippen LogP contribution in [0, 0.1) is 0 Å². The highest BCUT2D eigenvalue weighted by Crippen LogP contribution is 2.53. The number of hydrogen-bond acceptors (Lipinski definition) is 3. The van der Waals surface area contributed by atoms with Crippen LogP contribution in [0.15, 0.2) is 151 Å². The highest BCUT2D eigenvalue weighted by molar-refractivity contribution is 6.16. The van der Waals surface area contributed by atoms with Gasteiger partial charge in [-0.2, -0.15) is 5.48 Å². The van der Waals surface area contributed by atoms with Crippen LogP contribution in [0.5, 0.6) is 0 Å². The Morgan fingerprint density at radius 3 is 1.74 bits per heavy atom. The molecule has 186 valence electrons. The summed E-state index contributed by atoms with van der Waals surface area (Å²) in [5.41, 5.74) is 10.6. The molecule has 2 unspecified atom stereocenters. The Balaban J connectivity index is 1.58. The Bertz CT molecular complexity index is 1480. The summed E-state index contributed by atoms with van der Waals surface area (Å²) in [7, 11) is 0. The van der Waals surface area contributed by atoms with Gasteiger partial charge in [0.25, 0.3) is 0 Å². The summed E-state index contributed by atoms with van der Waals surface area (Å²) in [4.78, 5) is 11.8. The SMILES string of the molecule is CC(ONC1c2ccccc2/C(=N/c2ccccc2)C1(c1ccccc1)c1ccccc1)c1ccccc1. The normalized spacial score (nSPS) is 17.7. The van der Waals surface area contributed by atoms with Gasteiger partial charge in [0.1, 0.15) is 6.10 Å². The molecule has 3 nitrogen and oxygen atoms in total. The van der Waals surface area contributed by atoms with Crippen LogP contribution in [0.2, 0.25) is 0 Å². The zero-order chi connectivity index (χ0) is 25.8. The van der Waals surface area contributed by atoms with E-state index in [9.17, 15) is 0 Å². The summed E-state index contributed by atoms with van der Waals surface area (Å²) in [6, 6.07) is 50.2. The molecule has 0 aliphatic heterocycles. The van der Waals surface area contributed by atoms with E-state index in [0.29, 0.717) is 0 Å². The first-order valence-corrected chi connectivity index (χ1v) is 13.1. The third-order valence-electron chi connectivity index (χ3n) is 7.42. The minimum atomic E-state index is -0.627. The highest BCUT2D eigenvalue weighted by atomic mass is 16.7. The highest BCUT2D eigenvalue weighted by Gasteiger charge is 2.54. The van der Waals surface area contributed by atoms with Crippen molar-refractivity contribution in [1.82, 2.24) is 5.48 Å². The number of nitrogens with one attached hydrogen (secondary N) is 1. The van der Waals surface area contributed by atoms with Crippen molar-refractivity contribution in [2.75, 3.05) is 0 Å². The second-order valence-electron chi connectivity index (χ2n) is 9.64. The molecule has 0 fully saturated rings. The Morgan fingerprint density at radius 1 is 0.632 bits per heavy atom. The van der Waals surface area contributed by atoms with Crippen molar-refractivity contribution >= 4 is 11.4 Å². The summed E-state index contributed by atoms with van der Waals surface area (Å²) in [6.07, 6.45) is -0.136. The summed E-state index contributed by atoms with van der Waals surface area (Å²) in [6.45, 7) is 2.08. The maximum absolute atomic E-state index is 6.46. The van der Waals surface area contributed by atoms with E-state index in [1.165, 1.54) is 0 Å². The summed E-state index contributed by atoms with van der Waals surface area (Å²) in [5.74, 6) is 0. The molecule has 1 aliphatic carbocycles. The van der Waals surface area contributed by atoms with E-state index in [-0.39, 0.29) is 12.1 Å². The van der Waals surface area contributed by atoms with Crippen molar-refractivity contribution < 1.29 is 4.84 Å². The predicted molar refractivity (Wildman–Crippen MR) is 155 cm³/mol. The largest absolute Gasteiger partial charge is 0.293 e. The van der Waals surface area contributed by atoms with Gasteiger partial charge in [0.2, 0.25) is 0 Å². The minimum absolute atomic E-state index is 0.136. The summed E-state index contributed by atoms with van der Waals surface area (Å²) >= 11 is 0. The van der Waals surface area contributed by atoms with Gasteiger partial charge in [-0.25, -0.2) is 0 Å². The lowest BCUT2D eigenvalue weighted by Crippen LogP contribution is -2.44. The topological polar surface area (TPSA) is 33.6 Å². The van der Waals surface area contributed by atoms with Crippen molar-refractivity contribution in [1.29, 1.82) is 0 Å². The fourth-order valence-corrected chi connectivity index (χ4v) is 5.62. The summed E-state index contributed by atoms with van der Waals surface area (Å²) < 4.78 is 0. The van der Waals surface area contributed by atoms with Gasteiger partial charge >= 0.3 is 0 Å². The zero-order valence-electron chi connectivity index (χ0n) is 21.4. The number of fused-ring (bicyclic) bond motifs is 1. The average molecular weight is 495 g/mol. The van der Waals surface area contributed by atoms with Gasteiger partial charge < -0.3 is 0 Å². The molecule has 0 bridgehead atoms. The molecule has 0 saturated heterocycles. The number of hydroxylamine groups is 1. The number of nitrogens with zero attached hydrogens (tertiary/aromatic N) is 1. The molecule has 6 rings (SSSR count). The molecule has 38 heavy (non-hydrogen) atoms. The molecule has 3 heteroatoms. The van der Waals surface area contributed by atoms with E-state index >= 15 is 0 Å². The first-order valence-electron chi connectivity index (χ1n) is 13.1. The molecule has 0 radical (unpaired) electrons. The van der Waals surface area contributed by atoms with Crippen LogP contribution in [-0.2, 0) is 10.3 Å². The molecule has 5 aromatic rings. The first-order chi connectivity index (χ1) is 18.8. The van der Waals surface area contributed by atoms with Gasteiger partial charge in [-0.1, -0.05) is 133 Å². The van der Waals surface area contributed by atoms with Crippen molar-refractivity contribution in [2.24, 2.45) is 4.99 Å². The van der Waals surface area contributed by atoms with Crippen LogP contribution in [0.4, 0.5) is 5.69 Å². The van der Waals surface area contributed by atoms with Crippen molar-refractivity contribution in [3.05, 3.63) is 173 Å². The second-order valence-corrected chi connectivity index (χ2v) is 9.64. The number of benzene rings is 5. The first kappa shape index (κ1) is 24.1. The van der Waals surface area contributed by atoms with Crippen molar-refractivity contribution in [3.8, 4) is 0 Å². The van der Waals surface area contributed by atoms with Crippen LogP contribution in [-0.4, -0.2) is 5.71 Å². The molecule has 0 spiro atoms. The Hall–Kier alpha value is -4.31. The molecular formula is C35H30N2O. The lowest BCUT2D eigenvalue weighted by molar-refractivity contribution is -0.0433. The van der Waals surface area contributed by atoms with E-state index in [1.54, 1.807) is 0 Å². The van der Waals surface area contributed by atoms with Gasteiger partial charge in [-0.15, -0.1) is 0 Å². The number of aliphatic imine (C=N–C) groups is 1. The Labute approximate surface area is 224 Å². The van der Waals surface area contributed by atoms with Gasteiger partial charge in [0, 0.05) is 5.56 Å². The average Bonchev–Trinajstić information content (AvgIpc) is 3.27. The molecule has 1 aliphatic rings. The van der Waals surface area contributed by atoms with Crippen LogP contribution in [0.25, 0.3) is 0 Å². The summed E-state index contributed by atoms with van der Waals surface area (Å²) in [5, 5.41) is 0. The Morgan fingerprint density at radius 2 is 1.13 bits per heavy atom. The fourth-order valence-electron chi connectivity index (χ4n) is 5.62. The van der Waals surface area contributed by atoms with Crippen molar-refractivity contribution in [3.63, 3.8) is 0 Å². The predicted octanol–water partition coefficient (Wildman–Crippen LogP) is 8.13. The number of hydrogen-bond donors (Lipinski definition) is 1. The number of rotatable bonds is 7. The molecule has 2 atom stereocenters. The lowest BCUT2D eigenvalue weighted by Gasteiger charge is -2.38. The third kappa shape index (κ3) is 4.26. The van der Waals surface area contributed by atoms with E-state index in [4.69, 9.17) is 9.83 Å². The van der Waals surface area contributed by atoms with Gasteiger partial charge in [0.15, 0.2) is 0 Å². The van der Waals surface area contributed by atoms with E-state index in [0.717, 1.165) is 39.2 Å². The van der Waals surface area contributed by atoms with Crippen molar-refractivity contribution in [2.45, 2.75) is 24.5 Å². The smallest absolute Gasteiger partial charge is 0.101 e. The quantitative estimate of drug-likeness (QED) is 0.232. The van der Waals surface area contributed by atoms with Gasteiger partial charge in [-0.05, 0) is 41.3 Å². The van der Waals surface area contributed by atoms with Crippen LogP contribution >= 0.6 is 0 Å². The maximum atomic E-state index is 6.46. The van der Waals surface area contributed by atoms with E-state index in [2.05, 4.69) is 122 Å². The standard InChI is InChI=1S/C35H30N2O/c1-26(27-16-6-2-7-17-27)38-37-34-32-25-15-14-24-31(32)33(36-30-22-12-5-13-23-30)35(34,28-18-8-3-9-19-28)29-20-10-4-11-21-29/h2-26,34,37H,1H3/b36-33-. The van der Waals surface area contributed by atoms with E-state index in [1.807, 2.05) is 36.4 Å². The third-order valence-corrected chi connectivity index (χ3v) is 7.42. The monoisotopic (exact) mass is 494 g/mol. The zero-order valence-corrected chi connectivity index (χ0v) is 21.4. The van der Waals surface area contributed by atoms with E-state index < -0.39 is 5.41 Å². The molecule has 0 amide bonds. The van der Waals surface area contributed by atoms with Gasteiger partial charge in [0.05, 0.1) is 22.9 Å². The van der Waals surface area contributed by atoms with Gasteiger partial charge in [-0.3, -0.25) is 9.83 Å². The number of para-hydroxylation sites is 1. The molecular weight excluding hydrogens is 464 g/mol. The van der Waals surface area contributed by atoms with Crippen LogP contribution < -0.4 is 5.48 Å². The maximum Gasteiger partial charge on any atom is 0.101 e. The molecule has 0 saturated carbocycles. The fraction of sp³-hybridized carbons (Fsp3) is 0.114. The molecule has 0 heterocycles. The Kier molecular flexibility index (Phi) is 6.70.